The first-order chi connectivity index (χ1) is 15.3. The molecule has 1 fully saturated rings. The molecule has 0 unspecified atom stereocenters. The summed E-state index contributed by atoms with van der Waals surface area (Å²) < 4.78 is 35.2. The SMILES string of the molecule is Cc1cccc(NC(=O)c2c(C)c(N3CCOCC3)c(C)n2Cc2ccc(F)cc2F)c1. The molecule has 32 heavy (non-hydrogen) atoms. The van der Waals surface area contributed by atoms with E-state index in [1.54, 1.807) is 0 Å². The number of rotatable bonds is 5. The molecule has 4 rings (SSSR count). The van der Waals surface area contributed by atoms with Crippen molar-refractivity contribution in [3.63, 3.8) is 0 Å². The van der Waals surface area contributed by atoms with Gasteiger partial charge in [0.25, 0.3) is 5.91 Å². The number of morpholine rings is 1. The molecule has 7 heteroatoms. The van der Waals surface area contributed by atoms with Gasteiger partial charge < -0.3 is 19.5 Å². The highest BCUT2D eigenvalue weighted by molar-refractivity contribution is 6.05. The third-order valence-electron chi connectivity index (χ3n) is 5.89. The van der Waals surface area contributed by atoms with Gasteiger partial charge in [0.2, 0.25) is 0 Å². The highest BCUT2D eigenvalue weighted by Gasteiger charge is 2.27. The van der Waals surface area contributed by atoms with Gasteiger partial charge in [-0.25, -0.2) is 8.78 Å². The van der Waals surface area contributed by atoms with Crippen molar-refractivity contribution in [3.05, 3.63) is 82.2 Å². The van der Waals surface area contributed by atoms with Crippen molar-refractivity contribution >= 4 is 17.3 Å². The summed E-state index contributed by atoms with van der Waals surface area (Å²) in [5.74, 6) is -1.52. The first kappa shape index (κ1) is 22.0. The topological polar surface area (TPSA) is 46.5 Å². The molecule has 0 spiro atoms. The van der Waals surface area contributed by atoms with Gasteiger partial charge in [-0.3, -0.25) is 4.79 Å². The average molecular weight is 440 g/mol. The Hall–Kier alpha value is -3.19. The van der Waals surface area contributed by atoms with Crippen LogP contribution in [0.5, 0.6) is 0 Å². The van der Waals surface area contributed by atoms with E-state index in [1.165, 1.54) is 12.1 Å². The van der Waals surface area contributed by atoms with Crippen LogP contribution in [-0.4, -0.2) is 36.8 Å². The number of aromatic nitrogens is 1. The summed E-state index contributed by atoms with van der Waals surface area (Å²) in [5.41, 5.74) is 5.18. The van der Waals surface area contributed by atoms with Crippen molar-refractivity contribution in [2.75, 3.05) is 36.5 Å². The van der Waals surface area contributed by atoms with E-state index in [2.05, 4.69) is 10.2 Å². The van der Waals surface area contributed by atoms with Gasteiger partial charge in [-0.15, -0.1) is 0 Å². The Kier molecular flexibility index (Phi) is 6.28. The monoisotopic (exact) mass is 439 g/mol. The lowest BCUT2D eigenvalue weighted by Crippen LogP contribution is -2.36. The molecule has 1 aliphatic rings. The largest absolute Gasteiger partial charge is 0.378 e. The molecule has 0 atom stereocenters. The molecule has 0 bridgehead atoms. The fourth-order valence-corrected chi connectivity index (χ4v) is 4.36. The summed E-state index contributed by atoms with van der Waals surface area (Å²) in [6, 6.07) is 11.1. The molecule has 1 aromatic heterocycles. The van der Waals surface area contributed by atoms with Gasteiger partial charge in [-0.05, 0) is 44.5 Å². The van der Waals surface area contributed by atoms with Crippen LogP contribution in [0.4, 0.5) is 20.2 Å². The highest BCUT2D eigenvalue weighted by atomic mass is 19.1. The first-order valence-electron chi connectivity index (χ1n) is 10.7. The molecule has 2 aromatic carbocycles. The molecule has 1 N–H and O–H groups in total. The number of carbonyl (C=O) groups is 1. The zero-order chi connectivity index (χ0) is 22.8. The fraction of sp³-hybridized carbons (Fsp3) is 0.320. The molecule has 1 saturated heterocycles. The number of aryl methyl sites for hydroxylation is 1. The zero-order valence-corrected chi connectivity index (χ0v) is 18.5. The average Bonchev–Trinajstić information content (AvgIpc) is 3.00. The van der Waals surface area contributed by atoms with Gasteiger partial charge in [0.15, 0.2) is 0 Å². The summed E-state index contributed by atoms with van der Waals surface area (Å²) in [5, 5.41) is 2.98. The fourth-order valence-electron chi connectivity index (χ4n) is 4.36. The van der Waals surface area contributed by atoms with Crippen LogP contribution >= 0.6 is 0 Å². The van der Waals surface area contributed by atoms with Gasteiger partial charge in [0.1, 0.15) is 17.3 Å². The maximum atomic E-state index is 14.5. The Labute approximate surface area is 186 Å². The van der Waals surface area contributed by atoms with Crippen LogP contribution in [0, 0.1) is 32.4 Å². The number of benzene rings is 2. The quantitative estimate of drug-likeness (QED) is 0.620. The Bertz CT molecular complexity index is 1150. The maximum Gasteiger partial charge on any atom is 0.272 e. The van der Waals surface area contributed by atoms with Crippen LogP contribution in [0.2, 0.25) is 0 Å². The number of nitrogens with zero attached hydrogens (tertiary/aromatic N) is 2. The lowest BCUT2D eigenvalue weighted by Gasteiger charge is -2.29. The smallest absolute Gasteiger partial charge is 0.272 e. The first-order valence-corrected chi connectivity index (χ1v) is 10.7. The van der Waals surface area contributed by atoms with Crippen LogP contribution in [0.3, 0.4) is 0 Å². The molecule has 5 nitrogen and oxygen atoms in total. The molecule has 0 aliphatic carbocycles. The standard InChI is InChI=1S/C25H27F2N3O2/c1-16-5-4-6-21(13-16)28-25(31)24-17(2)23(29-9-11-32-12-10-29)18(3)30(24)15-19-7-8-20(26)14-22(19)27/h4-8,13-14H,9-12,15H2,1-3H3,(H,28,31). The second kappa shape index (κ2) is 9.12. The van der Waals surface area contributed by atoms with Gasteiger partial charge in [0.05, 0.1) is 25.4 Å². The van der Waals surface area contributed by atoms with Crippen LogP contribution in [0.1, 0.15) is 32.9 Å². The van der Waals surface area contributed by atoms with E-state index in [0.29, 0.717) is 30.2 Å². The van der Waals surface area contributed by atoms with Crippen LogP contribution in [0.25, 0.3) is 0 Å². The predicted octanol–water partition coefficient (Wildman–Crippen LogP) is 4.83. The molecule has 0 radical (unpaired) electrons. The molecule has 0 saturated carbocycles. The Morgan fingerprint density at radius 3 is 2.50 bits per heavy atom. The number of anilines is 2. The van der Waals surface area contributed by atoms with E-state index in [9.17, 15) is 13.6 Å². The number of ether oxygens (including phenoxy) is 1. The van der Waals surface area contributed by atoms with E-state index >= 15 is 0 Å². The van der Waals surface area contributed by atoms with Crippen LogP contribution in [-0.2, 0) is 11.3 Å². The van der Waals surface area contributed by atoms with Crippen molar-refractivity contribution in [3.8, 4) is 0 Å². The van der Waals surface area contributed by atoms with E-state index in [0.717, 1.165) is 41.7 Å². The second-order valence-corrected chi connectivity index (χ2v) is 8.15. The molecular formula is C25H27F2N3O2. The van der Waals surface area contributed by atoms with E-state index in [1.807, 2.05) is 49.6 Å². The number of hydrogen-bond donors (Lipinski definition) is 1. The summed E-state index contributed by atoms with van der Waals surface area (Å²) >= 11 is 0. The third-order valence-corrected chi connectivity index (χ3v) is 5.89. The molecule has 3 aromatic rings. The highest BCUT2D eigenvalue weighted by Crippen LogP contribution is 2.33. The van der Waals surface area contributed by atoms with E-state index < -0.39 is 11.6 Å². The number of nitrogens with one attached hydrogen (secondary N) is 1. The van der Waals surface area contributed by atoms with Gasteiger partial charge in [-0.1, -0.05) is 18.2 Å². The van der Waals surface area contributed by atoms with Gasteiger partial charge >= 0.3 is 0 Å². The van der Waals surface area contributed by atoms with Crippen molar-refractivity contribution in [2.45, 2.75) is 27.3 Å². The molecule has 1 aliphatic heterocycles. The Morgan fingerprint density at radius 1 is 1.06 bits per heavy atom. The van der Waals surface area contributed by atoms with Gasteiger partial charge in [-0.2, -0.15) is 0 Å². The third kappa shape index (κ3) is 4.39. The summed E-state index contributed by atoms with van der Waals surface area (Å²) in [4.78, 5) is 15.6. The van der Waals surface area contributed by atoms with Crippen molar-refractivity contribution < 1.29 is 18.3 Å². The minimum atomic E-state index is -0.631. The Morgan fingerprint density at radius 2 is 1.81 bits per heavy atom. The summed E-state index contributed by atoms with van der Waals surface area (Å²) in [6.07, 6.45) is 0. The van der Waals surface area contributed by atoms with Crippen LogP contribution < -0.4 is 10.2 Å². The summed E-state index contributed by atoms with van der Waals surface area (Å²) in [6.45, 7) is 8.60. The predicted molar refractivity (Wildman–Crippen MR) is 122 cm³/mol. The van der Waals surface area contributed by atoms with Crippen molar-refractivity contribution in [1.29, 1.82) is 0 Å². The van der Waals surface area contributed by atoms with E-state index in [-0.39, 0.29) is 12.5 Å². The number of carbonyl (C=O) groups excluding carboxylic acids is 1. The molecule has 2 heterocycles. The van der Waals surface area contributed by atoms with Crippen molar-refractivity contribution in [1.82, 2.24) is 4.57 Å². The van der Waals surface area contributed by atoms with E-state index in [4.69, 9.17) is 4.74 Å². The molecular weight excluding hydrogens is 412 g/mol. The normalized spacial score (nSPS) is 14.0. The zero-order valence-electron chi connectivity index (χ0n) is 18.5. The minimum absolute atomic E-state index is 0.125. The molecule has 1 amide bonds. The Balaban J connectivity index is 1.77. The number of amides is 1. The van der Waals surface area contributed by atoms with Crippen molar-refractivity contribution in [2.24, 2.45) is 0 Å². The summed E-state index contributed by atoms with van der Waals surface area (Å²) in [7, 11) is 0. The second-order valence-electron chi connectivity index (χ2n) is 8.15. The van der Waals surface area contributed by atoms with Gasteiger partial charge in [0, 0.05) is 41.7 Å². The lowest BCUT2D eigenvalue weighted by atomic mass is 10.1. The number of halogens is 2. The molecule has 168 valence electrons. The minimum Gasteiger partial charge on any atom is -0.378 e. The number of hydrogen-bond acceptors (Lipinski definition) is 3. The lowest BCUT2D eigenvalue weighted by molar-refractivity contribution is 0.101. The maximum absolute atomic E-state index is 14.5. The van der Waals surface area contributed by atoms with Crippen LogP contribution in [0.15, 0.2) is 42.5 Å².